The molecule has 3 heteroatoms. The number of rotatable bonds is 5. The van der Waals surface area contributed by atoms with Gasteiger partial charge in [-0.1, -0.05) is 42.8 Å². The zero-order chi connectivity index (χ0) is 14.7. The first-order valence-corrected chi connectivity index (χ1v) is 7.88. The molecule has 0 saturated heterocycles. The molecule has 1 aliphatic carbocycles. The molecule has 2 nitrogen and oxygen atoms in total. The van der Waals surface area contributed by atoms with E-state index in [4.69, 9.17) is 16.3 Å². The Labute approximate surface area is 131 Å². The number of benzene rings is 2. The van der Waals surface area contributed by atoms with Crippen LogP contribution in [0.15, 0.2) is 42.5 Å². The van der Waals surface area contributed by atoms with Crippen LogP contribution in [0, 0.1) is 0 Å². The molecular formula is C18H20ClNO. The summed E-state index contributed by atoms with van der Waals surface area (Å²) < 4.78 is 6.03. The quantitative estimate of drug-likeness (QED) is 0.877. The number of nitrogens with one attached hydrogen (secondary N) is 1. The van der Waals surface area contributed by atoms with E-state index >= 15 is 0 Å². The van der Waals surface area contributed by atoms with Crippen molar-refractivity contribution in [2.75, 3.05) is 6.54 Å². The average Bonchev–Trinajstić information content (AvgIpc) is 2.91. The van der Waals surface area contributed by atoms with E-state index < -0.39 is 0 Å². The van der Waals surface area contributed by atoms with Crippen LogP contribution in [0.4, 0.5) is 0 Å². The number of hydrogen-bond acceptors (Lipinski definition) is 2. The lowest BCUT2D eigenvalue weighted by Crippen LogP contribution is -2.18. The minimum Gasteiger partial charge on any atom is -0.489 e. The Morgan fingerprint density at radius 3 is 2.76 bits per heavy atom. The van der Waals surface area contributed by atoms with Crippen molar-refractivity contribution < 1.29 is 4.74 Å². The highest BCUT2D eigenvalue weighted by Crippen LogP contribution is 2.37. The fraction of sp³-hybridized carbons (Fsp3) is 0.333. The molecule has 0 aromatic heterocycles. The van der Waals surface area contributed by atoms with E-state index in [9.17, 15) is 0 Å². The van der Waals surface area contributed by atoms with Crippen molar-refractivity contribution in [1.29, 1.82) is 0 Å². The van der Waals surface area contributed by atoms with Gasteiger partial charge in [-0.3, -0.25) is 0 Å². The molecule has 0 aliphatic heterocycles. The number of hydrogen-bond donors (Lipinski definition) is 1. The molecule has 2 aromatic rings. The first kappa shape index (κ1) is 14.4. The van der Waals surface area contributed by atoms with E-state index in [2.05, 4.69) is 30.4 Å². The Morgan fingerprint density at radius 2 is 2.00 bits per heavy atom. The van der Waals surface area contributed by atoms with Crippen LogP contribution in [0.3, 0.4) is 0 Å². The van der Waals surface area contributed by atoms with E-state index in [1.165, 1.54) is 11.1 Å². The van der Waals surface area contributed by atoms with Gasteiger partial charge in [-0.15, -0.1) is 0 Å². The standard InChI is InChI=1S/C18H20ClNO/c1-2-20-17-11-10-16-15(17)4-3-5-18(16)21-12-13-6-8-14(19)9-7-13/h3-9,17,20H,2,10-12H2,1H3. The zero-order valence-electron chi connectivity index (χ0n) is 12.2. The van der Waals surface area contributed by atoms with Crippen LogP contribution in [-0.2, 0) is 13.0 Å². The van der Waals surface area contributed by atoms with Gasteiger partial charge in [-0.05, 0) is 54.3 Å². The minimum absolute atomic E-state index is 0.476. The maximum atomic E-state index is 6.03. The number of halogens is 1. The first-order chi connectivity index (χ1) is 10.3. The fourth-order valence-corrected chi connectivity index (χ4v) is 3.08. The second-order valence-corrected chi connectivity index (χ2v) is 5.82. The molecule has 0 heterocycles. The van der Waals surface area contributed by atoms with Gasteiger partial charge in [0.05, 0.1) is 0 Å². The Morgan fingerprint density at radius 1 is 1.19 bits per heavy atom. The maximum Gasteiger partial charge on any atom is 0.123 e. The van der Waals surface area contributed by atoms with Crippen molar-refractivity contribution >= 4 is 11.6 Å². The summed E-state index contributed by atoms with van der Waals surface area (Å²) in [7, 11) is 0. The summed E-state index contributed by atoms with van der Waals surface area (Å²) in [6.45, 7) is 3.73. The van der Waals surface area contributed by atoms with E-state index in [0.29, 0.717) is 12.6 Å². The maximum absolute atomic E-state index is 6.03. The largest absolute Gasteiger partial charge is 0.489 e. The van der Waals surface area contributed by atoms with Gasteiger partial charge >= 0.3 is 0 Å². The highest BCUT2D eigenvalue weighted by atomic mass is 35.5. The fourth-order valence-electron chi connectivity index (χ4n) is 2.96. The highest BCUT2D eigenvalue weighted by molar-refractivity contribution is 6.30. The molecule has 0 saturated carbocycles. The van der Waals surface area contributed by atoms with E-state index in [1.807, 2.05) is 24.3 Å². The minimum atomic E-state index is 0.476. The van der Waals surface area contributed by atoms with Gasteiger partial charge in [0, 0.05) is 11.1 Å². The van der Waals surface area contributed by atoms with Gasteiger partial charge in [0.15, 0.2) is 0 Å². The predicted octanol–water partition coefficient (Wildman–Crippen LogP) is 4.52. The Balaban J connectivity index is 1.73. The molecule has 0 bridgehead atoms. The van der Waals surface area contributed by atoms with Crippen LogP contribution >= 0.6 is 11.6 Å². The smallest absolute Gasteiger partial charge is 0.123 e. The summed E-state index contributed by atoms with van der Waals surface area (Å²) in [5.41, 5.74) is 3.89. The van der Waals surface area contributed by atoms with Crippen molar-refractivity contribution in [2.45, 2.75) is 32.4 Å². The van der Waals surface area contributed by atoms with Crippen LogP contribution in [0.25, 0.3) is 0 Å². The summed E-state index contributed by atoms with van der Waals surface area (Å²) >= 11 is 5.90. The van der Waals surface area contributed by atoms with E-state index in [1.54, 1.807) is 0 Å². The lowest BCUT2D eigenvalue weighted by atomic mass is 10.1. The Bertz CT molecular complexity index is 609. The van der Waals surface area contributed by atoms with Gasteiger partial charge in [-0.2, -0.15) is 0 Å². The predicted molar refractivity (Wildman–Crippen MR) is 87.0 cm³/mol. The van der Waals surface area contributed by atoms with Crippen molar-refractivity contribution in [3.63, 3.8) is 0 Å². The topological polar surface area (TPSA) is 21.3 Å². The van der Waals surface area contributed by atoms with Crippen molar-refractivity contribution in [3.8, 4) is 5.75 Å². The van der Waals surface area contributed by atoms with E-state index in [0.717, 1.165) is 35.7 Å². The number of ether oxygens (including phenoxy) is 1. The second kappa shape index (κ2) is 6.50. The summed E-state index contributed by atoms with van der Waals surface area (Å²) in [5.74, 6) is 1.02. The summed E-state index contributed by atoms with van der Waals surface area (Å²) in [4.78, 5) is 0. The van der Waals surface area contributed by atoms with Gasteiger partial charge in [-0.25, -0.2) is 0 Å². The van der Waals surface area contributed by atoms with Crippen LogP contribution < -0.4 is 10.1 Å². The van der Waals surface area contributed by atoms with E-state index in [-0.39, 0.29) is 0 Å². The van der Waals surface area contributed by atoms with Crippen LogP contribution in [-0.4, -0.2) is 6.54 Å². The average molecular weight is 302 g/mol. The van der Waals surface area contributed by atoms with Crippen molar-refractivity contribution in [1.82, 2.24) is 5.32 Å². The third-order valence-electron chi connectivity index (χ3n) is 3.99. The lowest BCUT2D eigenvalue weighted by molar-refractivity contribution is 0.303. The molecule has 0 fully saturated rings. The van der Waals surface area contributed by atoms with Crippen LogP contribution in [0.1, 0.15) is 36.1 Å². The molecule has 3 rings (SSSR count). The SMILES string of the molecule is CCNC1CCc2c(OCc3ccc(Cl)cc3)cccc21. The van der Waals surface area contributed by atoms with Crippen molar-refractivity contribution in [2.24, 2.45) is 0 Å². The van der Waals surface area contributed by atoms with Gasteiger partial charge in [0.2, 0.25) is 0 Å². The molecule has 1 unspecified atom stereocenters. The molecule has 1 N–H and O–H groups in total. The molecule has 1 aliphatic rings. The molecule has 2 aromatic carbocycles. The van der Waals surface area contributed by atoms with Gasteiger partial charge < -0.3 is 10.1 Å². The zero-order valence-corrected chi connectivity index (χ0v) is 13.0. The first-order valence-electron chi connectivity index (χ1n) is 7.50. The molecule has 1 atom stereocenters. The third-order valence-corrected chi connectivity index (χ3v) is 4.24. The third kappa shape index (κ3) is 3.22. The van der Waals surface area contributed by atoms with Crippen molar-refractivity contribution in [3.05, 3.63) is 64.2 Å². The van der Waals surface area contributed by atoms with Crippen LogP contribution in [0.2, 0.25) is 5.02 Å². The van der Waals surface area contributed by atoms with Gasteiger partial charge in [0.25, 0.3) is 0 Å². The second-order valence-electron chi connectivity index (χ2n) is 5.39. The van der Waals surface area contributed by atoms with Crippen LogP contribution in [0.5, 0.6) is 5.75 Å². The molecule has 0 amide bonds. The molecular weight excluding hydrogens is 282 g/mol. The summed E-state index contributed by atoms with van der Waals surface area (Å²) in [5, 5.41) is 4.29. The molecule has 21 heavy (non-hydrogen) atoms. The summed E-state index contributed by atoms with van der Waals surface area (Å²) in [6, 6.07) is 14.7. The lowest BCUT2D eigenvalue weighted by Gasteiger charge is -2.14. The Kier molecular flexibility index (Phi) is 4.47. The molecule has 0 radical (unpaired) electrons. The normalized spacial score (nSPS) is 16.8. The Hall–Kier alpha value is -1.51. The summed E-state index contributed by atoms with van der Waals surface area (Å²) in [6.07, 6.45) is 2.24. The molecule has 0 spiro atoms. The number of fused-ring (bicyclic) bond motifs is 1. The monoisotopic (exact) mass is 301 g/mol. The van der Waals surface area contributed by atoms with Gasteiger partial charge in [0.1, 0.15) is 12.4 Å². The highest BCUT2D eigenvalue weighted by Gasteiger charge is 2.24. The molecule has 110 valence electrons.